The fourth-order valence-corrected chi connectivity index (χ4v) is 2.62. The van der Waals surface area contributed by atoms with Gasteiger partial charge in [0.05, 0.1) is 0 Å². The van der Waals surface area contributed by atoms with Crippen molar-refractivity contribution in [3.63, 3.8) is 0 Å². The van der Waals surface area contributed by atoms with E-state index in [9.17, 15) is 0 Å². The zero-order chi connectivity index (χ0) is 13.7. The molecule has 2 rings (SSSR count). The number of rotatable bonds is 5. The van der Waals surface area contributed by atoms with Crippen LogP contribution in [0.15, 0.2) is 18.2 Å². The first-order valence-electron chi connectivity index (χ1n) is 7.56. The van der Waals surface area contributed by atoms with Crippen LogP contribution in [0.5, 0.6) is 0 Å². The molecular weight excluding hydrogens is 234 g/mol. The molecule has 1 aliphatic carbocycles. The average Bonchev–Trinajstić information content (AvgIpc) is 2.39. The number of pyridine rings is 1. The molecule has 0 saturated heterocycles. The molecule has 0 radical (unpaired) electrons. The fourth-order valence-electron chi connectivity index (χ4n) is 2.62. The molecule has 1 aromatic rings. The molecule has 0 aromatic carbocycles. The minimum Gasteiger partial charge on any atom is -0.370 e. The molecule has 0 aliphatic heterocycles. The lowest BCUT2D eigenvalue weighted by Crippen LogP contribution is -2.30. The van der Waals surface area contributed by atoms with Gasteiger partial charge in [0.2, 0.25) is 0 Å². The van der Waals surface area contributed by atoms with E-state index in [2.05, 4.69) is 48.5 Å². The molecule has 106 valence electrons. The van der Waals surface area contributed by atoms with Gasteiger partial charge in [0.15, 0.2) is 0 Å². The predicted octanol–water partition coefficient (Wildman–Crippen LogP) is 4.28. The Morgan fingerprint density at radius 3 is 2.58 bits per heavy atom. The van der Waals surface area contributed by atoms with Crippen molar-refractivity contribution in [1.29, 1.82) is 0 Å². The van der Waals surface area contributed by atoms with Crippen molar-refractivity contribution in [3.8, 4) is 0 Å². The van der Waals surface area contributed by atoms with E-state index < -0.39 is 0 Å². The normalized spacial score (nSPS) is 19.1. The minimum absolute atomic E-state index is 0.524. The molecule has 1 aromatic heterocycles. The maximum absolute atomic E-state index is 4.62. The number of hydrogen-bond donors (Lipinski definition) is 2. The van der Waals surface area contributed by atoms with E-state index in [0.717, 1.165) is 24.6 Å². The van der Waals surface area contributed by atoms with Crippen LogP contribution in [0.4, 0.5) is 11.6 Å². The summed E-state index contributed by atoms with van der Waals surface area (Å²) in [5, 5.41) is 6.92. The second kappa shape index (κ2) is 6.27. The highest BCUT2D eigenvalue weighted by Crippen LogP contribution is 2.35. The van der Waals surface area contributed by atoms with Crippen molar-refractivity contribution in [3.05, 3.63) is 18.2 Å². The van der Waals surface area contributed by atoms with Crippen LogP contribution in [0.25, 0.3) is 0 Å². The Morgan fingerprint density at radius 1 is 1.21 bits per heavy atom. The second-order valence-electron chi connectivity index (χ2n) is 6.42. The van der Waals surface area contributed by atoms with Crippen molar-refractivity contribution in [2.45, 2.75) is 58.9 Å². The summed E-state index contributed by atoms with van der Waals surface area (Å²) in [6, 6.07) is 6.75. The summed E-state index contributed by atoms with van der Waals surface area (Å²) in [5.41, 5.74) is 0.524. The summed E-state index contributed by atoms with van der Waals surface area (Å²) in [5.74, 6) is 1.98. The summed E-state index contributed by atoms with van der Waals surface area (Å²) in [7, 11) is 0. The first-order chi connectivity index (χ1) is 9.09. The Labute approximate surface area is 117 Å². The molecule has 3 nitrogen and oxygen atoms in total. The predicted molar refractivity (Wildman–Crippen MR) is 82.7 cm³/mol. The first kappa shape index (κ1) is 14.2. The second-order valence-corrected chi connectivity index (χ2v) is 6.42. The molecule has 1 fully saturated rings. The van der Waals surface area contributed by atoms with Crippen molar-refractivity contribution in [2.24, 2.45) is 5.41 Å². The molecule has 0 spiro atoms. The Kier molecular flexibility index (Phi) is 4.67. The number of aromatic nitrogens is 1. The lowest BCUT2D eigenvalue weighted by atomic mass is 9.75. The molecule has 1 saturated carbocycles. The third kappa shape index (κ3) is 4.41. The Balaban J connectivity index is 1.89. The third-order valence-electron chi connectivity index (χ3n) is 4.00. The van der Waals surface area contributed by atoms with Crippen LogP contribution >= 0.6 is 0 Å². The monoisotopic (exact) mass is 261 g/mol. The maximum atomic E-state index is 4.62. The molecule has 1 aliphatic rings. The van der Waals surface area contributed by atoms with Crippen LogP contribution in [0.2, 0.25) is 0 Å². The lowest BCUT2D eigenvalue weighted by Gasteiger charge is -2.34. The van der Waals surface area contributed by atoms with E-state index in [1.165, 1.54) is 25.7 Å². The van der Waals surface area contributed by atoms with E-state index in [4.69, 9.17) is 0 Å². The third-order valence-corrected chi connectivity index (χ3v) is 4.00. The van der Waals surface area contributed by atoms with Crippen molar-refractivity contribution in [2.75, 3.05) is 17.2 Å². The van der Waals surface area contributed by atoms with Crippen molar-refractivity contribution < 1.29 is 0 Å². The van der Waals surface area contributed by atoms with Gasteiger partial charge in [-0.3, -0.25) is 0 Å². The van der Waals surface area contributed by atoms with Gasteiger partial charge in [-0.25, -0.2) is 4.98 Å². The minimum atomic E-state index is 0.524. The van der Waals surface area contributed by atoms with Gasteiger partial charge in [0.1, 0.15) is 11.6 Å². The molecule has 0 amide bonds. The molecular formula is C16H27N3. The van der Waals surface area contributed by atoms with Crippen LogP contribution in [-0.4, -0.2) is 17.6 Å². The van der Waals surface area contributed by atoms with Gasteiger partial charge in [-0.15, -0.1) is 0 Å². The van der Waals surface area contributed by atoms with E-state index in [1.807, 2.05) is 6.07 Å². The summed E-state index contributed by atoms with van der Waals surface area (Å²) in [6.07, 6.45) is 6.23. The van der Waals surface area contributed by atoms with Gasteiger partial charge in [0, 0.05) is 12.6 Å². The summed E-state index contributed by atoms with van der Waals surface area (Å²) < 4.78 is 0. The fraction of sp³-hybridized carbons (Fsp3) is 0.688. The molecule has 19 heavy (non-hydrogen) atoms. The summed E-state index contributed by atoms with van der Waals surface area (Å²) in [6.45, 7) is 7.89. The van der Waals surface area contributed by atoms with Gasteiger partial charge in [-0.05, 0) is 49.7 Å². The van der Waals surface area contributed by atoms with Crippen LogP contribution in [0.1, 0.15) is 52.9 Å². The van der Waals surface area contributed by atoms with Gasteiger partial charge in [-0.1, -0.05) is 26.8 Å². The van der Waals surface area contributed by atoms with E-state index in [0.29, 0.717) is 11.5 Å². The molecule has 1 heterocycles. The Bertz CT molecular complexity index is 391. The lowest BCUT2D eigenvalue weighted by molar-refractivity contribution is 0.232. The summed E-state index contributed by atoms with van der Waals surface area (Å²) in [4.78, 5) is 4.62. The van der Waals surface area contributed by atoms with Gasteiger partial charge >= 0.3 is 0 Å². The van der Waals surface area contributed by atoms with Crippen molar-refractivity contribution >= 4 is 11.6 Å². The zero-order valence-electron chi connectivity index (χ0n) is 12.5. The largest absolute Gasteiger partial charge is 0.370 e. The van der Waals surface area contributed by atoms with E-state index in [1.54, 1.807) is 0 Å². The Morgan fingerprint density at radius 2 is 1.89 bits per heavy atom. The van der Waals surface area contributed by atoms with E-state index in [-0.39, 0.29) is 0 Å². The average molecular weight is 261 g/mol. The van der Waals surface area contributed by atoms with Crippen molar-refractivity contribution in [1.82, 2.24) is 4.98 Å². The maximum Gasteiger partial charge on any atom is 0.128 e. The highest BCUT2D eigenvalue weighted by molar-refractivity contribution is 5.45. The van der Waals surface area contributed by atoms with Gasteiger partial charge in [0.25, 0.3) is 0 Å². The van der Waals surface area contributed by atoms with Crippen LogP contribution in [-0.2, 0) is 0 Å². The number of nitrogens with one attached hydrogen (secondary N) is 2. The van der Waals surface area contributed by atoms with Gasteiger partial charge < -0.3 is 10.6 Å². The van der Waals surface area contributed by atoms with E-state index >= 15 is 0 Å². The molecule has 0 unspecified atom stereocenters. The first-order valence-corrected chi connectivity index (χ1v) is 7.56. The van der Waals surface area contributed by atoms with Crippen LogP contribution < -0.4 is 10.6 Å². The highest BCUT2D eigenvalue weighted by atomic mass is 15.1. The number of anilines is 2. The molecule has 0 atom stereocenters. The SMILES string of the molecule is CCCNc1cccc(NC2CCC(C)(C)CC2)n1. The van der Waals surface area contributed by atoms with Crippen LogP contribution in [0.3, 0.4) is 0 Å². The Hall–Kier alpha value is -1.25. The standard InChI is InChI=1S/C16H27N3/c1-4-12-17-14-6-5-7-15(19-14)18-13-8-10-16(2,3)11-9-13/h5-7,13H,4,8-12H2,1-3H3,(H2,17,18,19). The molecule has 3 heteroatoms. The number of hydrogen-bond acceptors (Lipinski definition) is 3. The quantitative estimate of drug-likeness (QED) is 0.830. The topological polar surface area (TPSA) is 37.0 Å². The molecule has 0 bridgehead atoms. The highest BCUT2D eigenvalue weighted by Gasteiger charge is 2.26. The van der Waals surface area contributed by atoms with Crippen LogP contribution in [0, 0.1) is 5.41 Å². The number of nitrogens with zero attached hydrogens (tertiary/aromatic N) is 1. The van der Waals surface area contributed by atoms with Gasteiger partial charge in [-0.2, -0.15) is 0 Å². The smallest absolute Gasteiger partial charge is 0.128 e. The molecule has 2 N–H and O–H groups in total. The zero-order valence-corrected chi connectivity index (χ0v) is 12.5. The summed E-state index contributed by atoms with van der Waals surface area (Å²) >= 11 is 0.